The van der Waals surface area contributed by atoms with Crippen LogP contribution in [0.4, 0.5) is 17.1 Å². The molecule has 0 spiro atoms. The number of anilines is 3. The van der Waals surface area contributed by atoms with Gasteiger partial charge >= 0.3 is 0 Å². The Morgan fingerprint density at radius 3 is 1.79 bits per heavy atom. The topological polar surface area (TPSA) is 3.24 Å². The SMILES string of the molecule is c1ccc(N(c2ccc(-c3cccc4c3ccc3c5ccccc5ccc43)c3ccccc23)c2cccc3c2sc2ccccc23)cc1. The number of hydrogen-bond acceptors (Lipinski definition) is 2. The van der Waals surface area contributed by atoms with E-state index >= 15 is 0 Å². The van der Waals surface area contributed by atoms with Crippen molar-refractivity contribution >= 4 is 91.7 Å². The lowest BCUT2D eigenvalue weighted by molar-refractivity contribution is 1.32. The van der Waals surface area contributed by atoms with Crippen molar-refractivity contribution in [1.29, 1.82) is 0 Å². The van der Waals surface area contributed by atoms with Crippen molar-refractivity contribution in [3.8, 4) is 11.1 Å². The second-order valence-electron chi connectivity index (χ2n) is 12.4. The van der Waals surface area contributed by atoms with Crippen molar-refractivity contribution in [2.45, 2.75) is 0 Å². The van der Waals surface area contributed by atoms with Crippen molar-refractivity contribution in [1.82, 2.24) is 0 Å². The predicted octanol–water partition coefficient (Wildman–Crippen LogP) is 13.8. The maximum Gasteiger partial charge on any atom is 0.0640 e. The molecule has 1 heterocycles. The van der Waals surface area contributed by atoms with Gasteiger partial charge in [-0.2, -0.15) is 0 Å². The summed E-state index contributed by atoms with van der Waals surface area (Å²) in [6.45, 7) is 0. The molecular weight excluding hydrogens is 599 g/mol. The van der Waals surface area contributed by atoms with Crippen LogP contribution in [0.2, 0.25) is 0 Å². The summed E-state index contributed by atoms with van der Waals surface area (Å²) >= 11 is 1.87. The van der Waals surface area contributed by atoms with E-state index in [0.29, 0.717) is 0 Å². The molecule has 0 saturated heterocycles. The Bertz CT molecular complexity index is 2850. The van der Waals surface area contributed by atoms with Gasteiger partial charge in [0.25, 0.3) is 0 Å². The summed E-state index contributed by atoms with van der Waals surface area (Å²) < 4.78 is 2.61. The first kappa shape index (κ1) is 27.2. The van der Waals surface area contributed by atoms with Crippen molar-refractivity contribution in [3.63, 3.8) is 0 Å². The van der Waals surface area contributed by atoms with E-state index in [2.05, 4.69) is 181 Å². The zero-order valence-electron chi connectivity index (χ0n) is 26.1. The van der Waals surface area contributed by atoms with Gasteiger partial charge in [-0.25, -0.2) is 0 Å². The molecule has 10 rings (SSSR count). The number of nitrogens with zero attached hydrogens (tertiary/aromatic N) is 1. The molecule has 9 aromatic carbocycles. The van der Waals surface area contributed by atoms with Gasteiger partial charge in [-0.1, -0.05) is 146 Å². The number of benzene rings is 9. The third-order valence-corrected chi connectivity index (χ3v) is 11.1. The van der Waals surface area contributed by atoms with Gasteiger partial charge in [-0.15, -0.1) is 11.3 Å². The van der Waals surface area contributed by atoms with Gasteiger partial charge in [-0.05, 0) is 79.2 Å². The second-order valence-corrected chi connectivity index (χ2v) is 13.5. The van der Waals surface area contributed by atoms with E-state index in [1.165, 1.54) is 85.8 Å². The highest BCUT2D eigenvalue weighted by Gasteiger charge is 2.21. The molecule has 0 fully saturated rings. The van der Waals surface area contributed by atoms with E-state index in [9.17, 15) is 0 Å². The smallest absolute Gasteiger partial charge is 0.0640 e. The number of hydrogen-bond donors (Lipinski definition) is 0. The van der Waals surface area contributed by atoms with Gasteiger partial charge in [0.05, 0.1) is 16.1 Å². The second kappa shape index (κ2) is 10.8. The first-order valence-electron chi connectivity index (χ1n) is 16.4. The van der Waals surface area contributed by atoms with E-state index in [4.69, 9.17) is 0 Å². The maximum absolute atomic E-state index is 2.45. The molecule has 0 atom stereocenters. The van der Waals surface area contributed by atoms with Crippen LogP contribution in [0.1, 0.15) is 0 Å². The standard InChI is InChI=1S/C46H29NS/c1-2-13-31(14-3-1)47(44-22-11-21-42-41-18-8-9-23-45(41)48-46(42)44)43-29-28-39(35-16-6-7-17-40(35)43)34-20-10-19-33-37-25-24-30-12-4-5-15-32(30)36(37)26-27-38(33)34/h1-29H. The van der Waals surface area contributed by atoms with Crippen molar-refractivity contribution < 1.29 is 0 Å². The minimum absolute atomic E-state index is 1.14. The predicted molar refractivity (Wildman–Crippen MR) is 209 cm³/mol. The monoisotopic (exact) mass is 627 g/mol. The Morgan fingerprint density at radius 2 is 0.896 bits per heavy atom. The largest absolute Gasteiger partial charge is 0.308 e. The number of fused-ring (bicyclic) bond motifs is 9. The Balaban J connectivity index is 1.22. The molecule has 0 bridgehead atoms. The molecule has 0 unspecified atom stereocenters. The molecule has 48 heavy (non-hydrogen) atoms. The Kier molecular flexibility index (Phi) is 6.12. The molecule has 0 radical (unpaired) electrons. The van der Waals surface area contributed by atoms with Crippen molar-refractivity contribution in [2.75, 3.05) is 4.90 Å². The van der Waals surface area contributed by atoms with E-state index in [0.717, 1.165) is 5.69 Å². The van der Waals surface area contributed by atoms with Crippen LogP contribution in [-0.2, 0) is 0 Å². The summed E-state index contributed by atoms with van der Waals surface area (Å²) in [5.41, 5.74) is 6.00. The minimum atomic E-state index is 1.14. The highest BCUT2D eigenvalue weighted by Crippen LogP contribution is 2.48. The summed E-state index contributed by atoms with van der Waals surface area (Å²) in [6.07, 6.45) is 0. The van der Waals surface area contributed by atoms with Crippen LogP contribution in [0.15, 0.2) is 176 Å². The van der Waals surface area contributed by atoms with Crippen molar-refractivity contribution in [3.05, 3.63) is 176 Å². The van der Waals surface area contributed by atoms with E-state index < -0.39 is 0 Å². The summed E-state index contributed by atoms with van der Waals surface area (Å²) in [5.74, 6) is 0. The van der Waals surface area contributed by atoms with Gasteiger partial charge < -0.3 is 4.90 Å². The molecule has 0 amide bonds. The summed E-state index contributed by atoms with van der Waals surface area (Å²) in [5, 5.41) is 12.8. The third kappa shape index (κ3) is 4.10. The lowest BCUT2D eigenvalue weighted by atomic mass is 9.90. The van der Waals surface area contributed by atoms with Gasteiger partial charge in [0, 0.05) is 26.5 Å². The molecule has 0 N–H and O–H groups in total. The molecule has 0 aliphatic heterocycles. The number of thiophene rings is 1. The van der Waals surface area contributed by atoms with E-state index in [1.807, 2.05) is 11.3 Å². The number of para-hydroxylation sites is 1. The molecule has 0 aliphatic carbocycles. The fourth-order valence-electron chi connectivity index (χ4n) is 7.70. The van der Waals surface area contributed by atoms with Gasteiger partial charge in [-0.3, -0.25) is 0 Å². The zero-order chi connectivity index (χ0) is 31.6. The molecule has 0 saturated carbocycles. The fourth-order valence-corrected chi connectivity index (χ4v) is 8.90. The van der Waals surface area contributed by atoms with Crippen LogP contribution in [0.25, 0.3) is 74.4 Å². The van der Waals surface area contributed by atoms with Crippen LogP contribution < -0.4 is 4.90 Å². The van der Waals surface area contributed by atoms with Gasteiger partial charge in [0.2, 0.25) is 0 Å². The molecule has 1 aromatic heterocycles. The quantitative estimate of drug-likeness (QED) is 0.176. The van der Waals surface area contributed by atoms with E-state index in [1.54, 1.807) is 0 Å². The summed E-state index contributed by atoms with van der Waals surface area (Å²) in [6, 6.07) is 64.4. The molecule has 10 aromatic rings. The lowest BCUT2D eigenvalue weighted by Crippen LogP contribution is -2.10. The van der Waals surface area contributed by atoms with Crippen LogP contribution in [0.5, 0.6) is 0 Å². The van der Waals surface area contributed by atoms with Crippen LogP contribution >= 0.6 is 11.3 Å². The van der Waals surface area contributed by atoms with Gasteiger partial charge in [0.15, 0.2) is 0 Å². The van der Waals surface area contributed by atoms with Crippen molar-refractivity contribution in [2.24, 2.45) is 0 Å². The minimum Gasteiger partial charge on any atom is -0.308 e. The van der Waals surface area contributed by atoms with Crippen LogP contribution in [0.3, 0.4) is 0 Å². The van der Waals surface area contributed by atoms with Crippen LogP contribution in [0, 0.1) is 0 Å². The highest BCUT2D eigenvalue weighted by molar-refractivity contribution is 7.26. The first-order chi connectivity index (χ1) is 23.8. The van der Waals surface area contributed by atoms with E-state index in [-0.39, 0.29) is 0 Å². The van der Waals surface area contributed by atoms with Crippen LogP contribution in [-0.4, -0.2) is 0 Å². The fraction of sp³-hybridized carbons (Fsp3) is 0. The molecule has 1 nitrogen and oxygen atoms in total. The average Bonchev–Trinajstić information content (AvgIpc) is 3.54. The molecule has 0 aliphatic rings. The number of rotatable bonds is 4. The summed E-state index contributed by atoms with van der Waals surface area (Å²) in [7, 11) is 0. The first-order valence-corrected chi connectivity index (χ1v) is 17.3. The highest BCUT2D eigenvalue weighted by atomic mass is 32.1. The molecule has 2 heteroatoms. The molecule has 224 valence electrons. The zero-order valence-corrected chi connectivity index (χ0v) is 26.9. The normalized spacial score (nSPS) is 11.8. The lowest BCUT2D eigenvalue weighted by Gasteiger charge is -2.28. The average molecular weight is 628 g/mol. The third-order valence-electron chi connectivity index (χ3n) is 9.85. The maximum atomic E-state index is 2.45. The molecular formula is C46H29NS. The summed E-state index contributed by atoms with van der Waals surface area (Å²) in [4.78, 5) is 2.45. The Morgan fingerprint density at radius 1 is 0.312 bits per heavy atom. The Hall–Kier alpha value is -5.96. The van der Waals surface area contributed by atoms with Gasteiger partial charge in [0.1, 0.15) is 0 Å². The Labute approximate surface area is 282 Å².